The third-order valence-electron chi connectivity index (χ3n) is 4.46. The predicted molar refractivity (Wildman–Crippen MR) is 121 cm³/mol. The Morgan fingerprint density at radius 2 is 1.87 bits per heavy atom. The Bertz CT molecular complexity index is 981. The summed E-state index contributed by atoms with van der Waals surface area (Å²) in [5.41, 5.74) is 2.16. The summed E-state index contributed by atoms with van der Waals surface area (Å²) in [4.78, 5) is 33.4. The van der Waals surface area contributed by atoms with Gasteiger partial charge in [0.05, 0.1) is 12.3 Å². The minimum absolute atomic E-state index is 0.310. The summed E-state index contributed by atoms with van der Waals surface area (Å²) in [7, 11) is 0. The van der Waals surface area contributed by atoms with Crippen LogP contribution in [0.4, 0.5) is 5.69 Å². The zero-order valence-corrected chi connectivity index (χ0v) is 18.2. The van der Waals surface area contributed by atoms with Crippen LogP contribution in [-0.4, -0.2) is 66.9 Å². The van der Waals surface area contributed by atoms with E-state index in [1.165, 1.54) is 0 Å². The van der Waals surface area contributed by atoms with Crippen molar-refractivity contribution in [3.05, 3.63) is 46.3 Å². The molecule has 0 radical (unpaired) electrons. The van der Waals surface area contributed by atoms with E-state index < -0.39 is 11.9 Å². The highest BCUT2D eigenvalue weighted by molar-refractivity contribution is 7.98. The monoisotopic (exact) mass is 450 g/mol. The predicted octanol–water partition coefficient (Wildman–Crippen LogP) is 1.96. The van der Waals surface area contributed by atoms with Crippen molar-refractivity contribution < 1.29 is 29.0 Å². The molecule has 1 saturated heterocycles. The molecule has 0 unspecified atom stereocenters. The number of thioether (sulfide) groups is 1. The molecular weight excluding hydrogens is 424 g/mol. The molecule has 3 rings (SSSR count). The third kappa shape index (κ3) is 7.34. The van der Waals surface area contributed by atoms with E-state index in [2.05, 4.69) is 16.5 Å². The smallest absolute Gasteiger partial charge is 0.338 e. The zero-order chi connectivity index (χ0) is 22.8. The number of aryl methyl sites for hydroxylation is 1. The molecule has 0 aliphatic carbocycles. The van der Waals surface area contributed by atoms with Gasteiger partial charge in [0.1, 0.15) is 11.3 Å². The lowest BCUT2D eigenvalue weighted by atomic mass is 10.1. The SMILES string of the molecule is CSCCOc1ccc2c(N3CCNCC3)cc(=O)oc2c1C.O=C(O)/C=C\C(=O)O. The van der Waals surface area contributed by atoms with Crippen molar-refractivity contribution in [1.29, 1.82) is 0 Å². The number of carbonyl (C=O) groups is 2. The van der Waals surface area contributed by atoms with Gasteiger partial charge in [0, 0.05) is 61.1 Å². The third-order valence-corrected chi connectivity index (χ3v) is 5.04. The second kappa shape index (κ2) is 12.0. The summed E-state index contributed by atoms with van der Waals surface area (Å²) in [5, 5.41) is 19.9. The van der Waals surface area contributed by atoms with E-state index in [4.69, 9.17) is 19.4 Å². The van der Waals surface area contributed by atoms with E-state index in [-0.39, 0.29) is 5.63 Å². The van der Waals surface area contributed by atoms with Crippen molar-refractivity contribution in [3.8, 4) is 5.75 Å². The fourth-order valence-electron chi connectivity index (χ4n) is 3.03. The number of rotatable bonds is 7. The highest BCUT2D eigenvalue weighted by Gasteiger charge is 2.17. The number of piperazine rings is 1. The van der Waals surface area contributed by atoms with Gasteiger partial charge < -0.3 is 29.6 Å². The van der Waals surface area contributed by atoms with Crippen LogP contribution in [0.2, 0.25) is 0 Å². The lowest BCUT2D eigenvalue weighted by Crippen LogP contribution is -2.43. The average molecular weight is 451 g/mol. The molecule has 3 N–H and O–H groups in total. The van der Waals surface area contributed by atoms with Gasteiger partial charge in [-0.2, -0.15) is 11.8 Å². The summed E-state index contributed by atoms with van der Waals surface area (Å²) in [6, 6.07) is 5.57. The van der Waals surface area contributed by atoms with E-state index in [0.717, 1.165) is 54.3 Å². The quantitative estimate of drug-likeness (QED) is 0.327. The number of ether oxygens (including phenoxy) is 1. The number of benzene rings is 1. The van der Waals surface area contributed by atoms with Crippen LogP contribution < -0.4 is 20.6 Å². The molecule has 0 atom stereocenters. The zero-order valence-electron chi connectivity index (χ0n) is 17.4. The highest BCUT2D eigenvalue weighted by atomic mass is 32.2. The molecule has 2 heterocycles. The molecule has 0 bridgehead atoms. The van der Waals surface area contributed by atoms with Crippen molar-refractivity contribution in [2.75, 3.05) is 49.7 Å². The molecule has 168 valence electrons. The first kappa shape index (κ1) is 24.3. The molecule has 1 aromatic heterocycles. The minimum Gasteiger partial charge on any atom is -0.492 e. The number of hydrogen-bond donors (Lipinski definition) is 3. The number of nitrogens with one attached hydrogen (secondary N) is 1. The lowest BCUT2D eigenvalue weighted by Gasteiger charge is -2.30. The molecule has 31 heavy (non-hydrogen) atoms. The van der Waals surface area contributed by atoms with Crippen molar-refractivity contribution in [1.82, 2.24) is 5.32 Å². The summed E-state index contributed by atoms with van der Waals surface area (Å²) >= 11 is 1.74. The van der Waals surface area contributed by atoms with Crippen LogP contribution in [0, 0.1) is 6.92 Å². The van der Waals surface area contributed by atoms with Gasteiger partial charge in [-0.1, -0.05) is 0 Å². The van der Waals surface area contributed by atoms with Gasteiger partial charge >= 0.3 is 17.6 Å². The van der Waals surface area contributed by atoms with E-state index in [1.54, 1.807) is 17.8 Å². The van der Waals surface area contributed by atoms with Crippen LogP contribution in [0.5, 0.6) is 5.75 Å². The molecule has 1 fully saturated rings. The first-order valence-electron chi connectivity index (χ1n) is 9.62. The molecular formula is C21H26N2O7S. The molecule has 0 saturated carbocycles. The van der Waals surface area contributed by atoms with Crippen LogP contribution in [0.15, 0.2) is 39.6 Å². The molecule has 1 aliphatic rings. The average Bonchev–Trinajstić information content (AvgIpc) is 2.75. The van der Waals surface area contributed by atoms with Crippen LogP contribution in [0.25, 0.3) is 11.0 Å². The molecule has 0 spiro atoms. The lowest BCUT2D eigenvalue weighted by molar-refractivity contribution is -0.134. The molecule has 10 heteroatoms. The Balaban J connectivity index is 0.000000366. The number of anilines is 1. The van der Waals surface area contributed by atoms with Crippen LogP contribution in [0.1, 0.15) is 5.56 Å². The molecule has 9 nitrogen and oxygen atoms in total. The Labute approximate surface area is 183 Å². The first-order valence-corrected chi connectivity index (χ1v) is 11.0. The topological polar surface area (TPSA) is 129 Å². The van der Waals surface area contributed by atoms with Gasteiger partial charge in [0.25, 0.3) is 0 Å². The Kier molecular flexibility index (Phi) is 9.41. The second-order valence-electron chi connectivity index (χ2n) is 6.60. The normalized spacial score (nSPS) is 13.7. The van der Waals surface area contributed by atoms with Gasteiger partial charge in [-0.3, -0.25) is 0 Å². The highest BCUT2D eigenvalue weighted by Crippen LogP contribution is 2.32. The van der Waals surface area contributed by atoms with E-state index in [9.17, 15) is 14.4 Å². The Morgan fingerprint density at radius 1 is 1.23 bits per heavy atom. The largest absolute Gasteiger partial charge is 0.492 e. The van der Waals surface area contributed by atoms with Gasteiger partial charge in [-0.15, -0.1) is 0 Å². The molecule has 1 aliphatic heterocycles. The van der Waals surface area contributed by atoms with Crippen LogP contribution in [-0.2, 0) is 9.59 Å². The molecule has 1 aromatic carbocycles. The summed E-state index contributed by atoms with van der Waals surface area (Å²) < 4.78 is 11.3. The number of hydrogen-bond acceptors (Lipinski definition) is 8. The maximum Gasteiger partial charge on any atom is 0.338 e. The van der Waals surface area contributed by atoms with Gasteiger partial charge in [0.2, 0.25) is 0 Å². The summed E-state index contributed by atoms with van der Waals surface area (Å²) in [6.07, 6.45) is 3.17. The maximum atomic E-state index is 12.0. The number of aliphatic carboxylic acids is 2. The van der Waals surface area contributed by atoms with Crippen molar-refractivity contribution in [2.24, 2.45) is 0 Å². The Morgan fingerprint density at radius 3 is 2.45 bits per heavy atom. The van der Waals surface area contributed by atoms with Crippen molar-refractivity contribution in [2.45, 2.75) is 6.92 Å². The number of nitrogens with zero attached hydrogens (tertiary/aromatic N) is 1. The van der Waals surface area contributed by atoms with Crippen LogP contribution in [0.3, 0.4) is 0 Å². The number of carboxylic acids is 2. The summed E-state index contributed by atoms with van der Waals surface area (Å²) in [6.45, 7) is 6.23. The van der Waals surface area contributed by atoms with Crippen LogP contribution >= 0.6 is 11.8 Å². The maximum absolute atomic E-state index is 12.0. The fraction of sp³-hybridized carbons (Fsp3) is 0.381. The first-order chi connectivity index (χ1) is 14.8. The number of fused-ring (bicyclic) bond motifs is 1. The molecule has 0 amide bonds. The standard InChI is InChI=1S/C17H22N2O3S.C4H4O4/c1-12-15(21-9-10-23-2)4-3-13-14(11-16(20)22-17(12)13)19-7-5-18-6-8-19;5-3(6)1-2-4(7)8/h3-4,11,18H,5-10H2,1-2H3;1-2H,(H,5,6)(H,7,8)/b;2-1-. The van der Waals surface area contributed by atoms with Crippen molar-refractivity contribution >= 4 is 40.4 Å². The Hall–Kier alpha value is -2.98. The number of carboxylic acid groups (broad SMARTS) is 2. The van der Waals surface area contributed by atoms with E-state index in [0.29, 0.717) is 24.3 Å². The van der Waals surface area contributed by atoms with E-state index in [1.807, 2.05) is 19.1 Å². The van der Waals surface area contributed by atoms with Gasteiger partial charge in [-0.05, 0) is 25.3 Å². The van der Waals surface area contributed by atoms with Gasteiger partial charge in [-0.25, -0.2) is 14.4 Å². The van der Waals surface area contributed by atoms with Crippen molar-refractivity contribution in [3.63, 3.8) is 0 Å². The van der Waals surface area contributed by atoms with E-state index >= 15 is 0 Å². The molecule has 2 aromatic rings. The second-order valence-corrected chi connectivity index (χ2v) is 7.59. The summed E-state index contributed by atoms with van der Waals surface area (Å²) in [5.74, 6) is -0.797. The van der Waals surface area contributed by atoms with Gasteiger partial charge in [0.15, 0.2) is 0 Å². The minimum atomic E-state index is -1.26. The fourth-order valence-corrected chi connectivity index (χ4v) is 3.28.